The van der Waals surface area contributed by atoms with Gasteiger partial charge in [0.05, 0.1) is 24.7 Å². The summed E-state index contributed by atoms with van der Waals surface area (Å²) in [5.41, 5.74) is 36.4. The third-order valence-electron chi connectivity index (χ3n) is 6.13. The highest BCUT2D eigenvalue weighted by Gasteiger charge is 2.38. The Hall–Kier alpha value is 0.1000. The van der Waals surface area contributed by atoms with Crippen LogP contribution < -0.4 is 45.0 Å². The number of nitrogens with one attached hydrogen (secondary N) is 2. The lowest BCUT2D eigenvalue weighted by molar-refractivity contribution is -0.123. The van der Waals surface area contributed by atoms with Gasteiger partial charge in [0.1, 0.15) is 0 Å². The fourth-order valence-electron chi connectivity index (χ4n) is 4.10. The molecule has 0 fully saturated rings. The Labute approximate surface area is 238 Å². The highest BCUT2D eigenvalue weighted by atomic mass is 32.1. The Kier molecular flexibility index (Phi) is 21.0. The van der Waals surface area contributed by atoms with E-state index >= 15 is 0 Å². The van der Waals surface area contributed by atoms with Crippen molar-refractivity contribution in [3.8, 4) is 0 Å². The maximum atomic E-state index is 12.5. The molecule has 0 radical (unpaired) electrons. The molecule has 0 aliphatic rings. The summed E-state index contributed by atoms with van der Waals surface area (Å²) in [5, 5.41) is 6.04. The van der Waals surface area contributed by atoms with Crippen molar-refractivity contribution in [2.45, 2.75) is 99.4 Å². The van der Waals surface area contributed by atoms with Gasteiger partial charge in [0.25, 0.3) is 0 Å². The van der Waals surface area contributed by atoms with Crippen molar-refractivity contribution in [3.05, 3.63) is 0 Å². The molecule has 0 saturated heterocycles. The quantitative estimate of drug-likeness (QED) is 0.0493. The first-order valence-electron chi connectivity index (χ1n) is 12.6. The predicted molar refractivity (Wildman–Crippen MR) is 163 cm³/mol. The molecular weight excluding hydrogens is 537 g/mol. The molecule has 0 aliphatic carbocycles. The van der Waals surface area contributed by atoms with Crippen LogP contribution in [0, 0.1) is 11.8 Å². The number of unbranched alkanes of at least 4 members (excludes halogenated alkanes) is 2. The second kappa shape index (κ2) is 21.0. The molecule has 0 aromatic heterocycles. The minimum atomic E-state index is -0.963. The van der Waals surface area contributed by atoms with Crippen LogP contribution in [0.15, 0.2) is 0 Å². The van der Waals surface area contributed by atoms with E-state index in [1.807, 2.05) is 0 Å². The molecule has 0 aromatic rings. The molecule has 0 rings (SSSR count). The van der Waals surface area contributed by atoms with E-state index in [4.69, 9.17) is 34.4 Å². The molecule has 0 saturated carbocycles. The van der Waals surface area contributed by atoms with E-state index in [2.05, 4.69) is 61.1 Å². The first-order chi connectivity index (χ1) is 16.9. The Balaban J connectivity index is 4.97. The predicted octanol–water partition coefficient (Wildman–Crippen LogP) is -0.135. The molecule has 0 heterocycles. The van der Waals surface area contributed by atoms with Gasteiger partial charge < -0.3 is 45.0 Å². The Morgan fingerprint density at radius 2 is 0.944 bits per heavy atom. The molecule has 10 nitrogen and oxygen atoms in total. The van der Waals surface area contributed by atoms with Gasteiger partial charge in [-0.2, -0.15) is 50.5 Å². The molecule has 0 aliphatic heterocycles. The van der Waals surface area contributed by atoms with E-state index in [1.165, 1.54) is 0 Å². The minimum absolute atomic E-state index is 0.242. The molecule has 4 atom stereocenters. The van der Waals surface area contributed by atoms with Gasteiger partial charge in [0.2, 0.25) is 11.8 Å². The fourth-order valence-corrected chi connectivity index (χ4v) is 5.75. The topological polar surface area (TPSA) is 214 Å². The summed E-state index contributed by atoms with van der Waals surface area (Å²) in [6.07, 6.45) is 3.46. The van der Waals surface area contributed by atoms with E-state index in [-0.39, 0.29) is 35.2 Å². The van der Waals surface area contributed by atoms with Crippen LogP contribution in [0.2, 0.25) is 0 Å². The van der Waals surface area contributed by atoms with Crippen LogP contribution in [0.3, 0.4) is 0 Å². The van der Waals surface area contributed by atoms with Crippen LogP contribution in [0.25, 0.3) is 0 Å². The molecule has 214 valence electrons. The fraction of sp³-hybridized carbons (Fsp3) is 0.909. The number of rotatable bonds is 21. The van der Waals surface area contributed by atoms with Crippen LogP contribution >= 0.6 is 50.5 Å². The lowest BCUT2D eigenvalue weighted by atomic mass is 9.83. The summed E-state index contributed by atoms with van der Waals surface area (Å²) in [6, 6.07) is 0. The van der Waals surface area contributed by atoms with Gasteiger partial charge >= 0.3 is 0 Å². The molecule has 4 unspecified atom stereocenters. The standard InChI is InChI=1S/C22H50N8O2S4/c23-19(24)17(20(25)26)18(21(27)29-15(31)7-3-1-5-13(35)9-11-33)22(28)30-16(32)8-4-2-6-14(36)10-12-34/h13-14,17-22,33-36H,1-12,23-28H2,(H,29,31)(H,30,32). The molecule has 14 N–H and O–H groups in total. The number of hydrogen-bond acceptors (Lipinski definition) is 12. The molecule has 0 bridgehead atoms. The van der Waals surface area contributed by atoms with Crippen LogP contribution in [-0.2, 0) is 9.59 Å². The maximum absolute atomic E-state index is 12.5. The van der Waals surface area contributed by atoms with E-state index in [9.17, 15) is 9.59 Å². The highest BCUT2D eigenvalue weighted by molar-refractivity contribution is 7.81. The van der Waals surface area contributed by atoms with E-state index < -0.39 is 36.5 Å². The van der Waals surface area contributed by atoms with Gasteiger partial charge in [-0.1, -0.05) is 12.8 Å². The largest absolute Gasteiger partial charge is 0.341 e. The Bertz CT molecular complexity index is 558. The van der Waals surface area contributed by atoms with Crippen molar-refractivity contribution < 1.29 is 9.59 Å². The van der Waals surface area contributed by atoms with Crippen LogP contribution in [0.4, 0.5) is 0 Å². The van der Waals surface area contributed by atoms with Gasteiger partial charge in [-0.15, -0.1) is 0 Å². The number of carbonyl (C=O) groups excluding carboxylic acids is 2. The first-order valence-corrected chi connectivity index (χ1v) is 14.9. The summed E-state index contributed by atoms with van der Waals surface area (Å²) < 4.78 is 0. The first kappa shape index (κ1) is 36.1. The number of hydrogen-bond donors (Lipinski definition) is 12. The number of nitrogens with two attached hydrogens (primary N) is 6. The zero-order chi connectivity index (χ0) is 27.7. The normalized spacial score (nSPS) is 16.1. The second-order valence-corrected chi connectivity index (χ2v) is 11.7. The second-order valence-electron chi connectivity index (χ2n) is 9.32. The van der Waals surface area contributed by atoms with Crippen LogP contribution in [0.5, 0.6) is 0 Å². The van der Waals surface area contributed by atoms with Crippen molar-refractivity contribution in [2.75, 3.05) is 11.5 Å². The van der Waals surface area contributed by atoms with Gasteiger partial charge in [0.15, 0.2) is 0 Å². The molecule has 0 aromatic carbocycles. The lowest BCUT2D eigenvalue weighted by Crippen LogP contribution is -2.67. The third-order valence-corrected chi connectivity index (χ3v) is 7.67. The molecular formula is C22H50N8O2S4. The van der Waals surface area contributed by atoms with Gasteiger partial charge in [-0.3, -0.25) is 9.59 Å². The summed E-state index contributed by atoms with van der Waals surface area (Å²) in [7, 11) is 0. The third kappa shape index (κ3) is 16.1. The molecule has 0 spiro atoms. The van der Waals surface area contributed by atoms with Crippen molar-refractivity contribution in [1.82, 2.24) is 10.6 Å². The Morgan fingerprint density at radius 1 is 0.583 bits per heavy atom. The minimum Gasteiger partial charge on any atom is -0.341 e. The van der Waals surface area contributed by atoms with Crippen molar-refractivity contribution in [2.24, 2.45) is 46.2 Å². The summed E-state index contributed by atoms with van der Waals surface area (Å²) in [4.78, 5) is 25.0. The van der Waals surface area contributed by atoms with Crippen molar-refractivity contribution in [1.29, 1.82) is 0 Å². The zero-order valence-electron chi connectivity index (χ0n) is 21.2. The molecule has 14 heteroatoms. The average molecular weight is 587 g/mol. The van der Waals surface area contributed by atoms with E-state index in [1.54, 1.807) is 0 Å². The maximum Gasteiger partial charge on any atom is 0.221 e. The summed E-state index contributed by atoms with van der Waals surface area (Å²) >= 11 is 17.4. The number of carbonyl (C=O) groups is 2. The van der Waals surface area contributed by atoms with E-state index in [0.29, 0.717) is 12.8 Å². The van der Waals surface area contributed by atoms with Crippen molar-refractivity contribution >= 4 is 62.3 Å². The zero-order valence-corrected chi connectivity index (χ0v) is 24.8. The molecule has 36 heavy (non-hydrogen) atoms. The number of amides is 2. The van der Waals surface area contributed by atoms with Gasteiger partial charge in [0, 0.05) is 35.2 Å². The average Bonchev–Trinajstić information content (AvgIpc) is 2.77. The summed E-state index contributed by atoms with van der Waals surface area (Å²) in [6.45, 7) is 0. The SMILES string of the molecule is NC(N)C(C(N)N)C(C(N)NC(=O)CCCCC(S)CCS)C(N)NC(=O)CCCCC(S)CCS. The number of thiol groups is 4. The monoisotopic (exact) mass is 586 g/mol. The van der Waals surface area contributed by atoms with E-state index in [0.717, 1.165) is 50.0 Å². The highest BCUT2D eigenvalue weighted by Crippen LogP contribution is 2.20. The van der Waals surface area contributed by atoms with Crippen LogP contribution in [0.1, 0.15) is 64.2 Å². The van der Waals surface area contributed by atoms with Crippen LogP contribution in [-0.4, -0.2) is 58.5 Å². The van der Waals surface area contributed by atoms with Gasteiger partial charge in [-0.25, -0.2) is 0 Å². The molecule has 2 amide bonds. The lowest BCUT2D eigenvalue weighted by Gasteiger charge is -2.39. The summed E-state index contributed by atoms with van der Waals surface area (Å²) in [5.74, 6) is -0.466. The van der Waals surface area contributed by atoms with Gasteiger partial charge in [-0.05, 0) is 50.0 Å². The Morgan fingerprint density at radius 3 is 1.25 bits per heavy atom. The van der Waals surface area contributed by atoms with Crippen molar-refractivity contribution in [3.63, 3.8) is 0 Å². The smallest absolute Gasteiger partial charge is 0.221 e.